The summed E-state index contributed by atoms with van der Waals surface area (Å²) in [5, 5.41) is 0. The molecule has 6 heteroatoms. The lowest BCUT2D eigenvalue weighted by Crippen LogP contribution is -2.10. The number of nitrogens with zero attached hydrogens (tertiary/aromatic N) is 2. The molecule has 0 spiro atoms. The maximum Gasteiger partial charge on any atom is 0.229 e. The molecule has 1 aromatic heterocycles. The highest BCUT2D eigenvalue weighted by Gasteiger charge is 2.15. The molecule has 0 amide bonds. The van der Waals surface area contributed by atoms with Crippen LogP contribution in [0, 0.1) is 0 Å². The number of nitrogens with one attached hydrogen (secondary N) is 1. The average molecular weight is 341 g/mol. The van der Waals surface area contributed by atoms with Gasteiger partial charge in [-0.05, 0) is 23.8 Å². The Morgan fingerprint density at radius 3 is 2.54 bits per heavy atom. The van der Waals surface area contributed by atoms with Crippen LogP contribution in [-0.4, -0.2) is 24.2 Å². The Labute approximate surface area is 142 Å². The number of sulfonamides is 1. The van der Waals surface area contributed by atoms with Crippen LogP contribution < -0.4 is 4.72 Å². The Morgan fingerprint density at radius 2 is 1.83 bits per heavy atom. The van der Waals surface area contributed by atoms with Gasteiger partial charge >= 0.3 is 0 Å². The highest BCUT2D eigenvalue weighted by atomic mass is 32.2. The topological polar surface area (TPSA) is 64.0 Å². The van der Waals surface area contributed by atoms with E-state index in [1.54, 1.807) is 18.3 Å². The molecule has 24 heavy (non-hydrogen) atoms. The van der Waals surface area contributed by atoms with E-state index < -0.39 is 10.0 Å². The first-order chi connectivity index (χ1) is 11.4. The number of benzene rings is 2. The van der Waals surface area contributed by atoms with Gasteiger partial charge in [0.25, 0.3) is 0 Å². The molecule has 0 aliphatic rings. The van der Waals surface area contributed by atoms with E-state index in [-0.39, 0.29) is 5.92 Å². The highest BCUT2D eigenvalue weighted by Crippen LogP contribution is 2.26. The zero-order valence-corrected chi connectivity index (χ0v) is 14.4. The standard InChI is InChI=1S/C18H19N3O2S/c1-14(15-7-4-3-5-8-15)18-19-11-12-21(18)17-10-6-9-16(13-17)20-24(2,22)23/h3-14,20H,1-2H3/t14-/m0/s1. The summed E-state index contributed by atoms with van der Waals surface area (Å²) in [6.45, 7) is 2.10. The van der Waals surface area contributed by atoms with E-state index in [4.69, 9.17) is 0 Å². The van der Waals surface area contributed by atoms with Crippen LogP contribution in [0.1, 0.15) is 24.2 Å². The molecule has 0 aliphatic heterocycles. The van der Waals surface area contributed by atoms with Gasteiger partial charge in [-0.2, -0.15) is 0 Å². The van der Waals surface area contributed by atoms with Gasteiger partial charge in [0.15, 0.2) is 0 Å². The first kappa shape index (κ1) is 16.3. The number of rotatable bonds is 5. The zero-order valence-electron chi connectivity index (χ0n) is 13.5. The molecule has 2 aromatic carbocycles. The van der Waals surface area contributed by atoms with Crippen molar-refractivity contribution in [2.75, 3.05) is 11.0 Å². The third kappa shape index (κ3) is 3.65. The smallest absolute Gasteiger partial charge is 0.229 e. The van der Waals surface area contributed by atoms with Crippen molar-refractivity contribution in [3.8, 4) is 5.69 Å². The van der Waals surface area contributed by atoms with Gasteiger partial charge in [0.05, 0.1) is 11.9 Å². The Morgan fingerprint density at radius 1 is 1.08 bits per heavy atom. The van der Waals surface area contributed by atoms with E-state index in [2.05, 4.69) is 28.8 Å². The summed E-state index contributed by atoms with van der Waals surface area (Å²) in [4.78, 5) is 4.50. The van der Waals surface area contributed by atoms with Crippen molar-refractivity contribution in [1.29, 1.82) is 0 Å². The molecule has 0 aliphatic carbocycles. The molecule has 0 bridgehead atoms. The van der Waals surface area contributed by atoms with Crippen LogP contribution in [-0.2, 0) is 10.0 Å². The van der Waals surface area contributed by atoms with Crippen molar-refractivity contribution in [2.45, 2.75) is 12.8 Å². The first-order valence-electron chi connectivity index (χ1n) is 7.60. The molecular formula is C18H19N3O2S. The largest absolute Gasteiger partial charge is 0.303 e. The molecule has 0 radical (unpaired) electrons. The molecule has 1 atom stereocenters. The number of imidazole rings is 1. The summed E-state index contributed by atoms with van der Waals surface area (Å²) >= 11 is 0. The summed E-state index contributed by atoms with van der Waals surface area (Å²) in [6, 6.07) is 17.4. The lowest BCUT2D eigenvalue weighted by atomic mass is 10.0. The van der Waals surface area contributed by atoms with Crippen LogP contribution in [0.2, 0.25) is 0 Å². The van der Waals surface area contributed by atoms with E-state index in [0.29, 0.717) is 5.69 Å². The van der Waals surface area contributed by atoms with Crippen molar-refractivity contribution < 1.29 is 8.42 Å². The van der Waals surface area contributed by atoms with E-state index in [9.17, 15) is 8.42 Å². The van der Waals surface area contributed by atoms with Gasteiger partial charge in [-0.25, -0.2) is 13.4 Å². The van der Waals surface area contributed by atoms with Crippen molar-refractivity contribution in [3.05, 3.63) is 78.4 Å². The third-order valence-electron chi connectivity index (χ3n) is 3.78. The molecule has 0 saturated heterocycles. The fourth-order valence-corrected chi connectivity index (χ4v) is 3.23. The second kappa shape index (κ2) is 6.49. The van der Waals surface area contributed by atoms with Crippen LogP contribution in [0.3, 0.4) is 0 Å². The van der Waals surface area contributed by atoms with E-state index >= 15 is 0 Å². The van der Waals surface area contributed by atoms with Crippen LogP contribution in [0.5, 0.6) is 0 Å². The Bertz CT molecular complexity index is 934. The number of aromatic nitrogens is 2. The molecule has 5 nitrogen and oxygen atoms in total. The molecule has 0 saturated carbocycles. The predicted molar refractivity (Wildman–Crippen MR) is 96.0 cm³/mol. The Kier molecular flexibility index (Phi) is 4.40. The molecule has 3 aromatic rings. The van der Waals surface area contributed by atoms with Crippen molar-refractivity contribution in [3.63, 3.8) is 0 Å². The molecule has 0 fully saturated rings. The van der Waals surface area contributed by atoms with Gasteiger partial charge in [0, 0.05) is 24.0 Å². The average Bonchev–Trinajstić information content (AvgIpc) is 3.03. The van der Waals surface area contributed by atoms with Crippen molar-refractivity contribution in [2.24, 2.45) is 0 Å². The summed E-state index contributed by atoms with van der Waals surface area (Å²) < 4.78 is 27.3. The second-order valence-corrected chi connectivity index (χ2v) is 7.46. The lowest BCUT2D eigenvalue weighted by Gasteiger charge is -2.15. The molecule has 3 rings (SSSR count). The summed E-state index contributed by atoms with van der Waals surface area (Å²) in [7, 11) is -3.31. The predicted octanol–water partition coefficient (Wildman–Crippen LogP) is 3.40. The van der Waals surface area contributed by atoms with Gasteiger partial charge in [-0.1, -0.05) is 43.3 Å². The summed E-state index contributed by atoms with van der Waals surface area (Å²) in [5.74, 6) is 1.02. The molecule has 1 N–H and O–H groups in total. The van der Waals surface area contributed by atoms with Gasteiger partial charge in [0.1, 0.15) is 5.82 Å². The SMILES string of the molecule is C[C@@H](c1ccccc1)c1nccn1-c1cccc(NS(C)(=O)=O)c1. The lowest BCUT2D eigenvalue weighted by molar-refractivity contribution is 0.607. The van der Waals surface area contributed by atoms with Gasteiger partial charge in [0.2, 0.25) is 10.0 Å². The second-order valence-electron chi connectivity index (χ2n) is 5.71. The van der Waals surface area contributed by atoms with Crippen molar-refractivity contribution >= 4 is 15.7 Å². The molecule has 124 valence electrons. The zero-order chi connectivity index (χ0) is 17.2. The maximum absolute atomic E-state index is 11.4. The highest BCUT2D eigenvalue weighted by molar-refractivity contribution is 7.92. The van der Waals surface area contributed by atoms with Crippen LogP contribution in [0.25, 0.3) is 5.69 Å². The van der Waals surface area contributed by atoms with Gasteiger partial charge in [-0.15, -0.1) is 0 Å². The summed E-state index contributed by atoms with van der Waals surface area (Å²) in [6.07, 6.45) is 4.78. The quantitative estimate of drug-likeness (QED) is 0.773. The molecule has 0 unspecified atom stereocenters. The minimum Gasteiger partial charge on any atom is -0.303 e. The number of hydrogen-bond donors (Lipinski definition) is 1. The van der Waals surface area contributed by atoms with E-state index in [1.165, 1.54) is 5.56 Å². The first-order valence-corrected chi connectivity index (χ1v) is 9.49. The monoisotopic (exact) mass is 341 g/mol. The van der Waals surface area contributed by atoms with Gasteiger partial charge < -0.3 is 4.57 Å². The number of hydrogen-bond acceptors (Lipinski definition) is 3. The van der Waals surface area contributed by atoms with Crippen LogP contribution in [0.4, 0.5) is 5.69 Å². The minimum absolute atomic E-state index is 0.118. The fourth-order valence-electron chi connectivity index (χ4n) is 2.68. The maximum atomic E-state index is 11.4. The number of anilines is 1. The van der Waals surface area contributed by atoms with Crippen LogP contribution in [0.15, 0.2) is 67.0 Å². The minimum atomic E-state index is -3.31. The fraction of sp³-hybridized carbons (Fsp3) is 0.167. The van der Waals surface area contributed by atoms with Crippen LogP contribution >= 0.6 is 0 Å². The third-order valence-corrected chi connectivity index (χ3v) is 4.39. The van der Waals surface area contributed by atoms with E-state index in [1.807, 2.05) is 41.1 Å². The molecule has 1 heterocycles. The molecular weight excluding hydrogens is 322 g/mol. The normalized spacial score (nSPS) is 12.8. The van der Waals surface area contributed by atoms with Gasteiger partial charge in [-0.3, -0.25) is 4.72 Å². The van der Waals surface area contributed by atoms with E-state index in [0.717, 1.165) is 17.8 Å². The van der Waals surface area contributed by atoms with Crippen molar-refractivity contribution in [1.82, 2.24) is 9.55 Å². The Balaban J connectivity index is 1.97. The Hall–Kier alpha value is -2.60. The summed E-state index contributed by atoms with van der Waals surface area (Å²) in [5.41, 5.74) is 2.57.